The fourth-order valence-corrected chi connectivity index (χ4v) is 2.84. The van der Waals surface area contributed by atoms with E-state index in [1.54, 1.807) is 6.92 Å². The highest BCUT2D eigenvalue weighted by molar-refractivity contribution is 5.98. The van der Waals surface area contributed by atoms with E-state index in [1.807, 2.05) is 30.3 Å². The van der Waals surface area contributed by atoms with Gasteiger partial charge in [-0.3, -0.25) is 14.5 Å². The minimum atomic E-state index is -0.800. The van der Waals surface area contributed by atoms with Crippen LogP contribution in [-0.2, 0) is 25.5 Å². The molecule has 1 aromatic carbocycles. The molecule has 138 valence electrons. The van der Waals surface area contributed by atoms with Gasteiger partial charge >= 0.3 is 5.97 Å². The van der Waals surface area contributed by atoms with Crippen LogP contribution in [0, 0.1) is 5.92 Å². The zero-order chi connectivity index (χ0) is 17.9. The zero-order valence-electron chi connectivity index (χ0n) is 14.9. The van der Waals surface area contributed by atoms with Gasteiger partial charge in [-0.1, -0.05) is 30.3 Å². The summed E-state index contributed by atoms with van der Waals surface area (Å²) in [6.07, 6.45) is 1.21. The van der Waals surface area contributed by atoms with Gasteiger partial charge in [-0.15, -0.1) is 0 Å². The fraction of sp³-hybridized carbons (Fsp3) is 0.579. The van der Waals surface area contributed by atoms with Crippen molar-refractivity contribution in [2.75, 3.05) is 46.0 Å². The number of carbonyl (C=O) groups is 2. The maximum atomic E-state index is 12.5. The molecule has 1 amide bonds. The molecule has 0 saturated carbocycles. The van der Waals surface area contributed by atoms with Gasteiger partial charge in [0.05, 0.1) is 19.8 Å². The molecular formula is C19H28N2O4. The van der Waals surface area contributed by atoms with Crippen molar-refractivity contribution in [1.29, 1.82) is 0 Å². The number of carbonyl (C=O) groups excluding carboxylic acids is 2. The van der Waals surface area contributed by atoms with Gasteiger partial charge in [0.2, 0.25) is 5.91 Å². The van der Waals surface area contributed by atoms with E-state index in [4.69, 9.17) is 9.47 Å². The van der Waals surface area contributed by atoms with E-state index in [0.717, 1.165) is 44.8 Å². The van der Waals surface area contributed by atoms with Crippen LogP contribution < -0.4 is 5.32 Å². The summed E-state index contributed by atoms with van der Waals surface area (Å²) in [5.74, 6) is -1.52. The van der Waals surface area contributed by atoms with Gasteiger partial charge in [-0.2, -0.15) is 0 Å². The monoisotopic (exact) mass is 348 g/mol. The lowest BCUT2D eigenvalue weighted by atomic mass is 9.98. The molecule has 1 saturated heterocycles. The number of amides is 1. The second-order valence-electron chi connectivity index (χ2n) is 6.09. The van der Waals surface area contributed by atoms with Gasteiger partial charge in [0.15, 0.2) is 0 Å². The van der Waals surface area contributed by atoms with Crippen LogP contribution in [0.5, 0.6) is 0 Å². The van der Waals surface area contributed by atoms with Gasteiger partial charge in [-0.05, 0) is 31.9 Å². The Labute approximate surface area is 149 Å². The summed E-state index contributed by atoms with van der Waals surface area (Å²) in [6, 6.07) is 9.54. The second kappa shape index (κ2) is 10.8. The van der Waals surface area contributed by atoms with Crippen LogP contribution >= 0.6 is 0 Å². The summed E-state index contributed by atoms with van der Waals surface area (Å²) in [5.41, 5.74) is 0.948. The van der Waals surface area contributed by atoms with E-state index in [9.17, 15) is 9.59 Å². The molecule has 1 aliphatic heterocycles. The highest BCUT2D eigenvalue weighted by Gasteiger charge is 2.28. The van der Waals surface area contributed by atoms with E-state index in [1.165, 1.54) is 0 Å². The predicted octanol–water partition coefficient (Wildman–Crippen LogP) is 1.25. The summed E-state index contributed by atoms with van der Waals surface area (Å²) in [6.45, 7) is 6.92. The predicted molar refractivity (Wildman–Crippen MR) is 95.2 cm³/mol. The maximum absolute atomic E-state index is 12.5. The van der Waals surface area contributed by atoms with Crippen molar-refractivity contribution < 1.29 is 19.1 Å². The highest BCUT2D eigenvalue weighted by atomic mass is 16.5. The van der Waals surface area contributed by atoms with Gasteiger partial charge in [-0.25, -0.2) is 0 Å². The van der Waals surface area contributed by atoms with Crippen LogP contribution in [0.25, 0.3) is 0 Å². The number of hydrogen-bond donors (Lipinski definition) is 1. The molecule has 1 aromatic rings. The maximum Gasteiger partial charge on any atom is 0.318 e. The first-order valence-electron chi connectivity index (χ1n) is 8.99. The standard InChI is InChI=1S/C19H28N2O4/c1-2-25-19(23)17(15-16-7-4-3-5-8-16)18(22)20-9-6-10-21-11-13-24-14-12-21/h3-5,7-8,17H,2,6,9-15H2,1H3,(H,20,22). The van der Waals surface area contributed by atoms with Crippen LogP contribution in [0.1, 0.15) is 18.9 Å². The van der Waals surface area contributed by atoms with Crippen LogP contribution in [0.2, 0.25) is 0 Å². The fourth-order valence-electron chi connectivity index (χ4n) is 2.84. The number of rotatable bonds is 9. The molecule has 0 aliphatic carbocycles. The van der Waals surface area contributed by atoms with Crippen LogP contribution in [0.3, 0.4) is 0 Å². The first-order valence-corrected chi connectivity index (χ1v) is 8.99. The van der Waals surface area contributed by atoms with Crippen molar-refractivity contribution in [3.63, 3.8) is 0 Å². The number of nitrogens with one attached hydrogen (secondary N) is 1. The topological polar surface area (TPSA) is 67.9 Å². The molecule has 6 heteroatoms. The largest absolute Gasteiger partial charge is 0.465 e. The summed E-state index contributed by atoms with van der Waals surface area (Å²) in [4.78, 5) is 27.0. The highest BCUT2D eigenvalue weighted by Crippen LogP contribution is 2.11. The molecular weight excluding hydrogens is 320 g/mol. The molecule has 0 spiro atoms. The summed E-state index contributed by atoms with van der Waals surface area (Å²) >= 11 is 0. The summed E-state index contributed by atoms with van der Waals surface area (Å²) in [7, 11) is 0. The Morgan fingerprint density at radius 3 is 2.64 bits per heavy atom. The van der Waals surface area contributed by atoms with E-state index in [0.29, 0.717) is 13.0 Å². The molecule has 1 aliphatic rings. The molecule has 6 nitrogen and oxygen atoms in total. The quantitative estimate of drug-likeness (QED) is 0.413. The third-order valence-electron chi connectivity index (χ3n) is 4.22. The Bertz CT molecular complexity index is 529. The first-order chi connectivity index (χ1) is 12.2. The smallest absolute Gasteiger partial charge is 0.318 e. The summed E-state index contributed by atoms with van der Waals surface area (Å²) in [5, 5.41) is 2.88. The Balaban J connectivity index is 1.80. The van der Waals surface area contributed by atoms with Gasteiger partial charge in [0.1, 0.15) is 5.92 Å². The number of benzene rings is 1. The van der Waals surface area contributed by atoms with E-state index >= 15 is 0 Å². The van der Waals surface area contributed by atoms with Crippen LogP contribution in [0.4, 0.5) is 0 Å². The van der Waals surface area contributed by atoms with E-state index < -0.39 is 11.9 Å². The van der Waals surface area contributed by atoms with Gasteiger partial charge in [0, 0.05) is 19.6 Å². The van der Waals surface area contributed by atoms with Crippen molar-refractivity contribution in [2.45, 2.75) is 19.8 Å². The molecule has 0 bridgehead atoms. The van der Waals surface area contributed by atoms with Gasteiger partial charge < -0.3 is 14.8 Å². The molecule has 1 N–H and O–H groups in total. The van der Waals surface area contributed by atoms with Crippen LogP contribution in [-0.4, -0.2) is 62.8 Å². The Morgan fingerprint density at radius 1 is 1.24 bits per heavy atom. The third kappa shape index (κ3) is 6.84. The number of esters is 1. The SMILES string of the molecule is CCOC(=O)C(Cc1ccccc1)C(=O)NCCCN1CCOCC1. The molecule has 25 heavy (non-hydrogen) atoms. The molecule has 1 fully saturated rings. The Hall–Kier alpha value is -1.92. The normalized spacial score (nSPS) is 16.2. The van der Waals surface area contributed by atoms with Crippen molar-refractivity contribution in [3.8, 4) is 0 Å². The lowest BCUT2D eigenvalue weighted by Gasteiger charge is -2.26. The number of morpholine rings is 1. The molecule has 1 heterocycles. The zero-order valence-corrected chi connectivity index (χ0v) is 14.9. The minimum Gasteiger partial charge on any atom is -0.465 e. The number of hydrogen-bond acceptors (Lipinski definition) is 5. The first kappa shape index (κ1) is 19.4. The minimum absolute atomic E-state index is 0.260. The van der Waals surface area contributed by atoms with Crippen molar-refractivity contribution in [3.05, 3.63) is 35.9 Å². The molecule has 0 radical (unpaired) electrons. The van der Waals surface area contributed by atoms with Crippen molar-refractivity contribution in [1.82, 2.24) is 10.2 Å². The average Bonchev–Trinajstić information content (AvgIpc) is 2.65. The summed E-state index contributed by atoms with van der Waals surface area (Å²) < 4.78 is 10.4. The molecule has 0 aromatic heterocycles. The molecule has 1 atom stereocenters. The van der Waals surface area contributed by atoms with Crippen molar-refractivity contribution >= 4 is 11.9 Å². The lowest BCUT2D eigenvalue weighted by Crippen LogP contribution is -2.40. The van der Waals surface area contributed by atoms with E-state index in [-0.39, 0.29) is 12.5 Å². The third-order valence-corrected chi connectivity index (χ3v) is 4.22. The van der Waals surface area contributed by atoms with Gasteiger partial charge in [0.25, 0.3) is 0 Å². The Kier molecular flexibility index (Phi) is 8.42. The molecule has 1 unspecified atom stereocenters. The van der Waals surface area contributed by atoms with E-state index in [2.05, 4.69) is 10.2 Å². The number of nitrogens with zero attached hydrogens (tertiary/aromatic N) is 1. The number of ether oxygens (including phenoxy) is 2. The second-order valence-corrected chi connectivity index (χ2v) is 6.09. The van der Waals surface area contributed by atoms with Crippen molar-refractivity contribution in [2.24, 2.45) is 5.92 Å². The molecule has 2 rings (SSSR count). The van der Waals surface area contributed by atoms with Crippen LogP contribution in [0.15, 0.2) is 30.3 Å². The average molecular weight is 348 g/mol. The Morgan fingerprint density at radius 2 is 1.96 bits per heavy atom. The lowest BCUT2D eigenvalue weighted by molar-refractivity contribution is -0.152.